The maximum absolute atomic E-state index is 11.9. The molecular formula is C14H18N2O3. The van der Waals surface area contributed by atoms with Gasteiger partial charge in [0.1, 0.15) is 5.75 Å². The van der Waals surface area contributed by atoms with Crippen molar-refractivity contribution in [1.29, 1.82) is 0 Å². The van der Waals surface area contributed by atoms with E-state index >= 15 is 0 Å². The Bertz CT molecular complexity index is 613. The molecule has 1 aromatic heterocycles. The summed E-state index contributed by atoms with van der Waals surface area (Å²) in [6, 6.07) is 7.02. The van der Waals surface area contributed by atoms with E-state index in [0.717, 1.165) is 12.8 Å². The minimum Gasteiger partial charge on any atom is -0.497 e. The summed E-state index contributed by atoms with van der Waals surface area (Å²) in [6.45, 7) is 2.06. The van der Waals surface area contributed by atoms with Gasteiger partial charge in [0, 0.05) is 6.07 Å². The van der Waals surface area contributed by atoms with Crippen molar-refractivity contribution in [2.75, 3.05) is 7.11 Å². The normalized spacial score (nSPS) is 10.6. The van der Waals surface area contributed by atoms with Crippen LogP contribution < -0.4 is 10.4 Å². The van der Waals surface area contributed by atoms with Crippen LogP contribution in [0, 0.1) is 0 Å². The lowest BCUT2D eigenvalue weighted by atomic mass is 10.2. The number of hydrogen-bond donors (Lipinski definition) is 2. The second kappa shape index (κ2) is 5.65. The van der Waals surface area contributed by atoms with Gasteiger partial charge in [0.2, 0.25) is 5.88 Å². The Morgan fingerprint density at radius 3 is 2.89 bits per heavy atom. The number of rotatable bonds is 5. The number of hydrogen-bond acceptors (Lipinski definition) is 3. The minimum atomic E-state index is -0.336. The van der Waals surface area contributed by atoms with Crippen LogP contribution >= 0.6 is 0 Å². The third-order valence-electron chi connectivity index (χ3n) is 3.03. The Morgan fingerprint density at radius 2 is 2.21 bits per heavy atom. The van der Waals surface area contributed by atoms with E-state index in [9.17, 15) is 9.90 Å². The van der Waals surface area contributed by atoms with Crippen molar-refractivity contribution >= 4 is 0 Å². The van der Waals surface area contributed by atoms with Gasteiger partial charge in [0.25, 0.3) is 0 Å². The van der Waals surface area contributed by atoms with Gasteiger partial charge in [-0.25, -0.2) is 9.36 Å². The van der Waals surface area contributed by atoms with Gasteiger partial charge in [-0.05, 0) is 25.0 Å². The van der Waals surface area contributed by atoms with Crippen molar-refractivity contribution in [2.45, 2.75) is 26.2 Å². The highest BCUT2D eigenvalue weighted by atomic mass is 16.5. The summed E-state index contributed by atoms with van der Waals surface area (Å²) in [4.78, 5) is 14.6. The predicted molar refractivity (Wildman–Crippen MR) is 73.2 cm³/mol. The average Bonchev–Trinajstić information content (AvgIpc) is 2.71. The van der Waals surface area contributed by atoms with E-state index in [1.807, 2.05) is 0 Å². The largest absolute Gasteiger partial charge is 0.497 e. The molecule has 0 atom stereocenters. The maximum atomic E-state index is 11.9. The van der Waals surface area contributed by atoms with Crippen LogP contribution in [0.3, 0.4) is 0 Å². The molecule has 5 nitrogen and oxygen atoms in total. The summed E-state index contributed by atoms with van der Waals surface area (Å²) in [5.41, 5.74) is 0.826. The van der Waals surface area contributed by atoms with Crippen molar-refractivity contribution in [1.82, 2.24) is 9.55 Å². The number of unbranched alkanes of at least 4 members (excludes halogenated alkanes) is 1. The third kappa shape index (κ3) is 2.65. The monoisotopic (exact) mass is 262 g/mol. The number of nitrogens with one attached hydrogen (secondary N) is 1. The zero-order valence-corrected chi connectivity index (χ0v) is 11.1. The second-order valence-corrected chi connectivity index (χ2v) is 4.37. The molecule has 0 aliphatic heterocycles. The van der Waals surface area contributed by atoms with Crippen LogP contribution in [0.15, 0.2) is 29.1 Å². The molecule has 0 bridgehead atoms. The summed E-state index contributed by atoms with van der Waals surface area (Å²) in [7, 11) is 1.56. The quantitative estimate of drug-likeness (QED) is 0.868. The van der Waals surface area contributed by atoms with E-state index < -0.39 is 0 Å². The SMILES string of the molecule is CCCCc1[nH]c(=O)n(-c2cccc(OC)c2)c1O. The van der Waals surface area contributed by atoms with Crippen LogP contribution in [0.2, 0.25) is 0 Å². The first-order chi connectivity index (χ1) is 9.17. The molecule has 0 fully saturated rings. The van der Waals surface area contributed by atoms with E-state index in [1.165, 1.54) is 4.57 Å². The molecule has 0 aliphatic carbocycles. The fraction of sp³-hybridized carbons (Fsp3) is 0.357. The van der Waals surface area contributed by atoms with Gasteiger partial charge in [-0.3, -0.25) is 0 Å². The number of methoxy groups -OCH3 is 1. The molecule has 0 spiro atoms. The third-order valence-corrected chi connectivity index (χ3v) is 3.03. The highest BCUT2D eigenvalue weighted by molar-refractivity contribution is 5.42. The number of H-pyrrole nitrogens is 1. The summed E-state index contributed by atoms with van der Waals surface area (Å²) in [5, 5.41) is 10.1. The smallest absolute Gasteiger partial charge is 0.333 e. The van der Waals surface area contributed by atoms with Gasteiger partial charge >= 0.3 is 5.69 Å². The van der Waals surface area contributed by atoms with Gasteiger partial charge < -0.3 is 14.8 Å². The number of aromatic amines is 1. The molecule has 2 N–H and O–H groups in total. The lowest BCUT2D eigenvalue weighted by molar-refractivity contribution is 0.413. The van der Waals surface area contributed by atoms with Gasteiger partial charge in [-0.1, -0.05) is 19.4 Å². The Hall–Kier alpha value is -2.17. The summed E-state index contributed by atoms with van der Waals surface area (Å²) >= 11 is 0. The number of nitrogens with zero attached hydrogens (tertiary/aromatic N) is 1. The lowest BCUT2D eigenvalue weighted by Gasteiger charge is -2.06. The Balaban J connectivity index is 2.44. The number of imidazole rings is 1. The number of aryl methyl sites for hydroxylation is 1. The van der Waals surface area contributed by atoms with E-state index in [4.69, 9.17) is 4.74 Å². The molecule has 1 aromatic carbocycles. The highest BCUT2D eigenvalue weighted by Gasteiger charge is 2.14. The lowest BCUT2D eigenvalue weighted by Crippen LogP contribution is -2.14. The van der Waals surface area contributed by atoms with Crippen molar-refractivity contribution in [3.63, 3.8) is 0 Å². The zero-order valence-electron chi connectivity index (χ0n) is 11.1. The summed E-state index contributed by atoms with van der Waals surface area (Å²) in [6.07, 6.45) is 2.59. The van der Waals surface area contributed by atoms with E-state index in [0.29, 0.717) is 23.6 Å². The first-order valence-corrected chi connectivity index (χ1v) is 6.34. The van der Waals surface area contributed by atoms with Gasteiger partial charge in [0.05, 0.1) is 18.5 Å². The molecule has 0 radical (unpaired) electrons. The molecule has 0 unspecified atom stereocenters. The van der Waals surface area contributed by atoms with Crippen LogP contribution in [-0.4, -0.2) is 21.8 Å². The number of ether oxygens (including phenoxy) is 1. The molecule has 0 saturated carbocycles. The van der Waals surface area contributed by atoms with Crippen LogP contribution in [0.5, 0.6) is 11.6 Å². The van der Waals surface area contributed by atoms with Gasteiger partial charge in [-0.2, -0.15) is 0 Å². The van der Waals surface area contributed by atoms with Crippen molar-refractivity contribution < 1.29 is 9.84 Å². The molecule has 1 heterocycles. The van der Waals surface area contributed by atoms with Gasteiger partial charge in [0.15, 0.2) is 0 Å². The number of aromatic hydroxyl groups is 1. The Kier molecular flexibility index (Phi) is 3.94. The van der Waals surface area contributed by atoms with Gasteiger partial charge in [-0.15, -0.1) is 0 Å². The number of benzene rings is 1. The van der Waals surface area contributed by atoms with Crippen LogP contribution in [-0.2, 0) is 6.42 Å². The molecule has 5 heteroatoms. The summed E-state index contributed by atoms with van der Waals surface area (Å²) < 4.78 is 6.38. The van der Waals surface area contributed by atoms with Crippen molar-refractivity contribution in [3.05, 3.63) is 40.4 Å². The zero-order chi connectivity index (χ0) is 13.8. The van der Waals surface area contributed by atoms with Crippen LogP contribution in [0.4, 0.5) is 0 Å². The van der Waals surface area contributed by atoms with Crippen LogP contribution in [0.25, 0.3) is 5.69 Å². The first-order valence-electron chi connectivity index (χ1n) is 6.34. The predicted octanol–water partition coefficient (Wildman–Crippen LogP) is 2.22. The Morgan fingerprint density at radius 1 is 1.42 bits per heavy atom. The fourth-order valence-electron chi connectivity index (χ4n) is 1.99. The maximum Gasteiger partial charge on any atom is 0.333 e. The minimum absolute atomic E-state index is 0.0216. The molecule has 0 saturated heterocycles. The van der Waals surface area contributed by atoms with Crippen molar-refractivity contribution in [3.8, 4) is 17.3 Å². The summed E-state index contributed by atoms with van der Waals surface area (Å²) in [5.74, 6) is 0.617. The van der Waals surface area contributed by atoms with Crippen molar-refractivity contribution in [2.24, 2.45) is 0 Å². The van der Waals surface area contributed by atoms with E-state index in [-0.39, 0.29) is 11.6 Å². The molecule has 19 heavy (non-hydrogen) atoms. The number of aromatic nitrogens is 2. The molecule has 2 aromatic rings. The molecule has 0 aliphatic rings. The topological polar surface area (TPSA) is 67.2 Å². The first kappa shape index (κ1) is 13.3. The molecule has 102 valence electrons. The van der Waals surface area contributed by atoms with E-state index in [2.05, 4.69) is 11.9 Å². The molecule has 2 rings (SSSR count). The average molecular weight is 262 g/mol. The second-order valence-electron chi connectivity index (χ2n) is 4.37. The molecular weight excluding hydrogens is 244 g/mol. The fourth-order valence-corrected chi connectivity index (χ4v) is 1.99. The standard InChI is InChI=1S/C14H18N2O3/c1-3-4-8-12-13(17)16(14(18)15-12)10-6-5-7-11(9-10)19-2/h5-7,9,17H,3-4,8H2,1-2H3,(H,15,18). The van der Waals surface area contributed by atoms with E-state index in [1.54, 1.807) is 31.4 Å². The molecule has 0 amide bonds. The van der Waals surface area contributed by atoms with Crippen LogP contribution in [0.1, 0.15) is 25.5 Å². The Labute approximate surface area is 111 Å². The highest BCUT2D eigenvalue weighted by Crippen LogP contribution is 2.22.